The number of esters is 1. The number of methoxy groups -OCH3 is 1. The van der Waals surface area contributed by atoms with E-state index in [1.54, 1.807) is 6.07 Å². The highest BCUT2D eigenvalue weighted by Gasteiger charge is 2.22. The maximum absolute atomic E-state index is 11.9. The molecule has 1 aromatic rings. The maximum atomic E-state index is 11.9. The lowest BCUT2D eigenvalue weighted by Crippen LogP contribution is -2.44. The molecule has 0 aliphatic rings. The van der Waals surface area contributed by atoms with Crippen molar-refractivity contribution >= 4 is 23.6 Å². The molecular formula is C14H15N3O5. The maximum Gasteiger partial charge on any atom is 0.330 e. The lowest BCUT2D eigenvalue weighted by atomic mass is 10.1. The summed E-state index contributed by atoms with van der Waals surface area (Å²) in [5.74, 6) is -1.82. The average Bonchev–Trinajstić information content (AvgIpc) is 2.48. The molecule has 0 spiro atoms. The van der Waals surface area contributed by atoms with Gasteiger partial charge in [-0.2, -0.15) is 5.26 Å². The van der Waals surface area contributed by atoms with E-state index in [1.165, 1.54) is 24.3 Å². The summed E-state index contributed by atoms with van der Waals surface area (Å²) >= 11 is 0. The zero-order chi connectivity index (χ0) is 16.7. The average molecular weight is 305 g/mol. The van der Waals surface area contributed by atoms with Gasteiger partial charge in [-0.05, 0) is 23.8 Å². The van der Waals surface area contributed by atoms with Crippen LogP contribution in [0.5, 0.6) is 5.75 Å². The first-order valence-corrected chi connectivity index (χ1v) is 6.12. The van der Waals surface area contributed by atoms with Crippen LogP contribution in [0, 0.1) is 11.3 Å². The van der Waals surface area contributed by atoms with Crippen molar-refractivity contribution in [3.05, 3.63) is 29.3 Å². The third-order valence-electron chi connectivity index (χ3n) is 2.61. The monoisotopic (exact) mass is 305 g/mol. The van der Waals surface area contributed by atoms with Gasteiger partial charge in [-0.25, -0.2) is 4.79 Å². The Labute approximate surface area is 126 Å². The number of nitrogen functional groups attached to an aromatic ring is 1. The molecule has 0 aliphatic heterocycles. The number of rotatable bonds is 5. The summed E-state index contributed by atoms with van der Waals surface area (Å²) < 4.78 is 4.40. The topological polar surface area (TPSA) is 146 Å². The number of aromatic hydroxyl groups is 1. The van der Waals surface area contributed by atoms with E-state index < -0.39 is 24.5 Å². The Morgan fingerprint density at radius 3 is 2.68 bits per heavy atom. The highest BCUT2D eigenvalue weighted by atomic mass is 16.5. The minimum atomic E-state index is -1.27. The fourth-order valence-electron chi connectivity index (χ4n) is 1.61. The van der Waals surface area contributed by atoms with Crippen molar-refractivity contribution in [1.82, 2.24) is 5.32 Å². The molecule has 1 unspecified atom stereocenters. The first-order valence-electron chi connectivity index (χ1n) is 6.12. The minimum absolute atomic E-state index is 0.119. The smallest absolute Gasteiger partial charge is 0.330 e. The normalized spacial score (nSPS) is 12.1. The molecule has 1 rings (SSSR count). The van der Waals surface area contributed by atoms with Gasteiger partial charge in [0.25, 0.3) is 5.91 Å². The number of aliphatic hydroxyl groups is 1. The Hall–Kier alpha value is -3.05. The highest BCUT2D eigenvalue weighted by Crippen LogP contribution is 2.19. The lowest BCUT2D eigenvalue weighted by molar-refractivity contribution is -0.145. The molecule has 0 radical (unpaired) electrons. The number of ether oxygens (including phenoxy) is 1. The fourth-order valence-corrected chi connectivity index (χ4v) is 1.61. The Balaban J connectivity index is 3.00. The van der Waals surface area contributed by atoms with Crippen LogP contribution < -0.4 is 11.1 Å². The van der Waals surface area contributed by atoms with Crippen molar-refractivity contribution < 1.29 is 24.5 Å². The van der Waals surface area contributed by atoms with Crippen LogP contribution in [0.15, 0.2) is 23.8 Å². The van der Waals surface area contributed by atoms with Crippen LogP contribution in [-0.2, 0) is 14.3 Å². The van der Waals surface area contributed by atoms with Crippen LogP contribution in [0.3, 0.4) is 0 Å². The minimum Gasteiger partial charge on any atom is -0.508 e. The first kappa shape index (κ1) is 17.0. The third kappa shape index (κ3) is 4.50. The molecule has 116 valence electrons. The zero-order valence-corrected chi connectivity index (χ0v) is 11.7. The largest absolute Gasteiger partial charge is 0.508 e. The predicted molar refractivity (Wildman–Crippen MR) is 77.1 cm³/mol. The number of phenolic OH excluding ortho intramolecular Hbond substituents is 1. The Kier molecular flexibility index (Phi) is 5.92. The number of nitriles is 1. The van der Waals surface area contributed by atoms with Crippen LogP contribution >= 0.6 is 0 Å². The molecule has 8 nitrogen and oxygen atoms in total. The number of carbonyl (C=O) groups excluding carboxylic acids is 2. The predicted octanol–water partition coefficient (Wildman–Crippen LogP) is -0.469. The molecule has 0 aromatic heterocycles. The molecule has 1 atom stereocenters. The van der Waals surface area contributed by atoms with Crippen molar-refractivity contribution in [3.8, 4) is 11.8 Å². The second kappa shape index (κ2) is 7.66. The van der Waals surface area contributed by atoms with Crippen molar-refractivity contribution in [2.45, 2.75) is 6.04 Å². The van der Waals surface area contributed by atoms with E-state index in [1.807, 2.05) is 0 Å². The summed E-state index contributed by atoms with van der Waals surface area (Å²) in [5, 5.41) is 29.6. The summed E-state index contributed by atoms with van der Waals surface area (Å²) in [6.45, 7) is -0.670. The molecular weight excluding hydrogens is 290 g/mol. The summed E-state index contributed by atoms with van der Waals surface area (Å²) in [6.07, 6.45) is 1.19. The van der Waals surface area contributed by atoms with Gasteiger partial charge in [-0.3, -0.25) is 4.79 Å². The number of aliphatic hydroxyl groups excluding tert-OH is 1. The standard InChI is InChI=1S/C14H15N3O5/c1-22-14(21)12(7-18)17-13(20)9(6-15)2-8-3-10(16)5-11(19)4-8/h2-5,12,18-19H,7,16H2,1H3,(H,17,20)/b9-2+. The van der Waals surface area contributed by atoms with Crippen LogP contribution in [0.4, 0.5) is 5.69 Å². The van der Waals surface area contributed by atoms with Crippen LogP contribution in [0.25, 0.3) is 6.08 Å². The van der Waals surface area contributed by atoms with Crippen molar-refractivity contribution in [3.63, 3.8) is 0 Å². The number of phenols is 1. The molecule has 8 heteroatoms. The van der Waals surface area contributed by atoms with Crippen molar-refractivity contribution in [1.29, 1.82) is 5.26 Å². The van der Waals surface area contributed by atoms with Crippen LogP contribution in [0.2, 0.25) is 0 Å². The number of nitrogens with zero attached hydrogens (tertiary/aromatic N) is 1. The van der Waals surface area contributed by atoms with Crippen molar-refractivity contribution in [2.75, 3.05) is 19.5 Å². The second-order valence-electron chi connectivity index (χ2n) is 4.26. The summed E-state index contributed by atoms with van der Waals surface area (Å²) in [5.41, 5.74) is 5.81. The van der Waals surface area contributed by atoms with Gasteiger partial charge in [0, 0.05) is 11.8 Å². The van der Waals surface area contributed by atoms with Crippen molar-refractivity contribution in [2.24, 2.45) is 0 Å². The van der Waals surface area contributed by atoms with Crippen LogP contribution in [-0.4, -0.2) is 41.8 Å². The Morgan fingerprint density at radius 2 is 2.18 bits per heavy atom. The molecule has 0 heterocycles. The number of benzene rings is 1. The molecule has 0 fully saturated rings. The molecule has 0 saturated carbocycles. The van der Waals surface area contributed by atoms with E-state index in [9.17, 15) is 14.7 Å². The van der Waals surface area contributed by atoms with Gasteiger partial charge < -0.3 is 26.0 Å². The summed E-state index contributed by atoms with van der Waals surface area (Å²) in [7, 11) is 1.10. The Bertz CT molecular complexity index is 628. The van der Waals surface area contributed by atoms with Gasteiger partial charge in [-0.15, -0.1) is 0 Å². The highest BCUT2D eigenvalue weighted by molar-refractivity contribution is 6.03. The van der Waals surface area contributed by atoms with E-state index in [-0.39, 0.29) is 17.0 Å². The number of hydrogen-bond acceptors (Lipinski definition) is 7. The van der Waals surface area contributed by atoms with Gasteiger partial charge in [0.15, 0.2) is 6.04 Å². The van der Waals surface area contributed by atoms with E-state index in [0.29, 0.717) is 5.56 Å². The number of carbonyl (C=O) groups is 2. The number of nitrogens with one attached hydrogen (secondary N) is 1. The lowest BCUT2D eigenvalue weighted by Gasteiger charge is -2.13. The quantitative estimate of drug-likeness (QED) is 0.249. The molecule has 0 saturated heterocycles. The number of amides is 1. The van der Waals surface area contributed by atoms with E-state index in [4.69, 9.17) is 16.1 Å². The van der Waals surface area contributed by atoms with Gasteiger partial charge in [0.05, 0.1) is 13.7 Å². The first-order chi connectivity index (χ1) is 10.4. The molecule has 1 aromatic carbocycles. The molecule has 0 aliphatic carbocycles. The zero-order valence-electron chi connectivity index (χ0n) is 11.7. The summed E-state index contributed by atoms with van der Waals surface area (Å²) in [4.78, 5) is 23.2. The number of anilines is 1. The third-order valence-corrected chi connectivity index (χ3v) is 2.61. The Morgan fingerprint density at radius 1 is 1.50 bits per heavy atom. The molecule has 0 bridgehead atoms. The number of nitrogens with two attached hydrogens (primary N) is 1. The van der Waals surface area contributed by atoms with Crippen LogP contribution in [0.1, 0.15) is 5.56 Å². The molecule has 1 amide bonds. The fraction of sp³-hybridized carbons (Fsp3) is 0.214. The molecule has 22 heavy (non-hydrogen) atoms. The number of hydrogen-bond donors (Lipinski definition) is 4. The van der Waals surface area contributed by atoms with E-state index >= 15 is 0 Å². The van der Waals surface area contributed by atoms with Gasteiger partial charge in [0.2, 0.25) is 0 Å². The SMILES string of the molecule is COC(=O)C(CO)NC(=O)/C(C#N)=C/c1cc(N)cc(O)c1. The van der Waals surface area contributed by atoms with Gasteiger partial charge >= 0.3 is 5.97 Å². The molecule has 5 N–H and O–H groups in total. The van der Waals surface area contributed by atoms with Gasteiger partial charge in [-0.1, -0.05) is 0 Å². The van der Waals surface area contributed by atoms with Gasteiger partial charge in [0.1, 0.15) is 17.4 Å². The second-order valence-corrected chi connectivity index (χ2v) is 4.26. The van der Waals surface area contributed by atoms with E-state index in [0.717, 1.165) is 7.11 Å². The van der Waals surface area contributed by atoms with E-state index in [2.05, 4.69) is 10.1 Å². The summed E-state index contributed by atoms with van der Waals surface area (Å²) in [6, 6.07) is 4.46.